The Hall–Kier alpha value is -1.90. The van der Waals surface area contributed by atoms with Crippen LogP contribution >= 0.6 is 23.2 Å². The lowest BCUT2D eigenvalue weighted by atomic mass is 9.73. The van der Waals surface area contributed by atoms with Crippen LogP contribution < -0.4 is 10.6 Å². The van der Waals surface area contributed by atoms with Crippen molar-refractivity contribution in [2.24, 2.45) is 11.1 Å². The highest BCUT2D eigenvalue weighted by molar-refractivity contribution is 6.43. The van der Waals surface area contributed by atoms with Crippen LogP contribution in [0.2, 0.25) is 10.0 Å². The van der Waals surface area contributed by atoms with Crippen molar-refractivity contribution >= 4 is 34.7 Å². The van der Waals surface area contributed by atoms with Crippen molar-refractivity contribution in [1.82, 2.24) is 14.6 Å². The second kappa shape index (κ2) is 8.15. The highest BCUT2D eigenvalue weighted by Crippen LogP contribution is 2.43. The number of halogens is 2. The number of pyridine rings is 1. The molecule has 5 rings (SSSR count). The summed E-state index contributed by atoms with van der Waals surface area (Å²) in [7, 11) is 0. The number of benzene rings is 1. The first kappa shape index (κ1) is 21.9. The molecule has 2 aliphatic rings. The number of nitrogens with zero attached hydrogens (tertiary/aromatic N) is 4. The number of aliphatic hydroxyl groups is 1. The quantitative estimate of drug-likeness (QED) is 0.598. The van der Waals surface area contributed by atoms with Crippen molar-refractivity contribution in [2.45, 2.75) is 45.4 Å². The van der Waals surface area contributed by atoms with E-state index in [-0.39, 0.29) is 24.2 Å². The van der Waals surface area contributed by atoms with Crippen LogP contribution in [0.25, 0.3) is 16.8 Å². The van der Waals surface area contributed by atoms with E-state index in [1.54, 1.807) is 6.07 Å². The number of ether oxygens (including phenoxy) is 1. The first-order valence-electron chi connectivity index (χ1n) is 10.9. The van der Waals surface area contributed by atoms with Gasteiger partial charge in [-0.25, -0.2) is 4.98 Å². The zero-order valence-corrected chi connectivity index (χ0v) is 19.7. The highest BCUT2D eigenvalue weighted by atomic mass is 35.5. The van der Waals surface area contributed by atoms with Gasteiger partial charge in [-0.3, -0.25) is 0 Å². The van der Waals surface area contributed by atoms with Crippen LogP contribution in [0, 0.1) is 12.3 Å². The lowest BCUT2D eigenvalue weighted by Gasteiger charge is -2.42. The molecule has 4 heterocycles. The minimum Gasteiger partial charge on any atom is -0.388 e. The molecule has 2 aliphatic heterocycles. The van der Waals surface area contributed by atoms with Gasteiger partial charge in [-0.05, 0) is 44.4 Å². The molecule has 170 valence electrons. The topological polar surface area (TPSA) is 88.9 Å². The molecule has 2 saturated heterocycles. The normalized spacial score (nSPS) is 22.9. The zero-order chi connectivity index (χ0) is 22.6. The lowest BCUT2D eigenvalue weighted by Crippen LogP contribution is -2.51. The van der Waals surface area contributed by atoms with Crippen LogP contribution in [-0.2, 0) is 11.3 Å². The van der Waals surface area contributed by atoms with E-state index in [0.717, 1.165) is 55.0 Å². The second-order valence-corrected chi connectivity index (χ2v) is 9.76. The van der Waals surface area contributed by atoms with Gasteiger partial charge in [0.2, 0.25) is 0 Å². The molecule has 2 fully saturated rings. The Morgan fingerprint density at radius 2 is 2.03 bits per heavy atom. The van der Waals surface area contributed by atoms with Gasteiger partial charge in [-0.15, -0.1) is 5.10 Å². The van der Waals surface area contributed by atoms with Crippen LogP contribution in [0.4, 0.5) is 5.82 Å². The molecule has 9 heteroatoms. The van der Waals surface area contributed by atoms with Crippen LogP contribution in [0.1, 0.15) is 31.2 Å². The number of nitrogens with two attached hydrogens (primary N) is 1. The predicted molar refractivity (Wildman–Crippen MR) is 126 cm³/mol. The van der Waals surface area contributed by atoms with Crippen LogP contribution in [0.5, 0.6) is 0 Å². The Morgan fingerprint density at radius 1 is 1.28 bits per heavy atom. The van der Waals surface area contributed by atoms with Gasteiger partial charge >= 0.3 is 0 Å². The maximum absolute atomic E-state index is 9.74. The molecule has 0 aliphatic carbocycles. The fourth-order valence-corrected chi connectivity index (χ4v) is 5.55. The van der Waals surface area contributed by atoms with Crippen molar-refractivity contribution < 1.29 is 9.84 Å². The number of piperidine rings is 1. The van der Waals surface area contributed by atoms with E-state index in [0.29, 0.717) is 21.5 Å². The van der Waals surface area contributed by atoms with E-state index in [9.17, 15) is 5.11 Å². The summed E-state index contributed by atoms with van der Waals surface area (Å²) in [4.78, 5) is 6.94. The van der Waals surface area contributed by atoms with Gasteiger partial charge in [0.25, 0.3) is 0 Å². The summed E-state index contributed by atoms with van der Waals surface area (Å²) in [6.07, 6.45) is 2.02. The average molecular weight is 476 g/mol. The van der Waals surface area contributed by atoms with E-state index < -0.39 is 0 Å². The third-order valence-corrected chi connectivity index (χ3v) is 7.94. The third-order valence-electron chi connectivity index (χ3n) is 7.12. The minimum absolute atomic E-state index is 0.0386. The molecule has 32 heavy (non-hydrogen) atoms. The molecule has 7 nitrogen and oxygen atoms in total. The molecule has 3 aromatic rings. The lowest BCUT2D eigenvalue weighted by molar-refractivity contribution is 0.0974. The monoisotopic (exact) mass is 475 g/mol. The van der Waals surface area contributed by atoms with E-state index in [1.807, 2.05) is 23.6 Å². The summed E-state index contributed by atoms with van der Waals surface area (Å²) in [6.45, 7) is 6.28. The van der Waals surface area contributed by atoms with Crippen molar-refractivity contribution in [3.63, 3.8) is 0 Å². The van der Waals surface area contributed by atoms with Crippen molar-refractivity contribution in [1.29, 1.82) is 0 Å². The third kappa shape index (κ3) is 3.38. The van der Waals surface area contributed by atoms with E-state index >= 15 is 0 Å². The molecule has 1 aromatic carbocycles. The Kier molecular flexibility index (Phi) is 5.58. The van der Waals surface area contributed by atoms with Crippen LogP contribution in [0.15, 0.2) is 24.3 Å². The summed E-state index contributed by atoms with van der Waals surface area (Å²) >= 11 is 12.8. The molecular weight excluding hydrogens is 449 g/mol. The maximum Gasteiger partial charge on any atom is 0.177 e. The molecule has 1 spiro atoms. The number of aromatic nitrogens is 3. The Morgan fingerprint density at radius 3 is 2.69 bits per heavy atom. The fourth-order valence-electron chi connectivity index (χ4n) is 5.16. The second-order valence-electron chi connectivity index (χ2n) is 8.97. The summed E-state index contributed by atoms with van der Waals surface area (Å²) in [5.74, 6) is 1.31. The van der Waals surface area contributed by atoms with Crippen molar-refractivity contribution in [2.75, 3.05) is 24.6 Å². The minimum atomic E-state index is -0.240. The summed E-state index contributed by atoms with van der Waals surface area (Å²) in [6, 6.07) is 7.73. The van der Waals surface area contributed by atoms with Crippen LogP contribution in [0.3, 0.4) is 0 Å². The zero-order valence-electron chi connectivity index (χ0n) is 18.2. The Labute approximate surface area is 197 Å². The van der Waals surface area contributed by atoms with Crippen molar-refractivity contribution in [3.8, 4) is 11.1 Å². The molecule has 0 radical (unpaired) electrons. The number of fused-ring (bicyclic) bond motifs is 1. The number of aryl methyl sites for hydroxylation is 1. The number of aliphatic hydroxyl groups excluding tert-OH is 1. The van der Waals surface area contributed by atoms with Gasteiger partial charge in [-0.2, -0.15) is 4.52 Å². The summed E-state index contributed by atoms with van der Waals surface area (Å²) in [5, 5.41) is 15.3. The Bertz CT molecular complexity index is 1170. The summed E-state index contributed by atoms with van der Waals surface area (Å²) < 4.78 is 7.69. The number of rotatable bonds is 3. The highest BCUT2D eigenvalue weighted by Gasteiger charge is 2.47. The SMILES string of the molecule is Cc1cc(N2CCC3(CC2)CO[C@@H](C)[C@H]3N)n2nc(CO)nc2c1-c1cccc(Cl)c1Cl. The smallest absolute Gasteiger partial charge is 0.177 e. The molecule has 2 aromatic heterocycles. The van der Waals surface area contributed by atoms with Crippen LogP contribution in [-0.4, -0.2) is 51.5 Å². The average Bonchev–Trinajstić information content (AvgIpc) is 3.34. The Balaban J connectivity index is 1.57. The van der Waals surface area contributed by atoms with E-state index in [4.69, 9.17) is 33.7 Å². The standard InChI is InChI=1S/C23H27Cl2N5O2/c1-13-10-18(29-8-6-23(7-9-29)12-32-14(2)21(23)26)30-22(27-17(11-31)28-30)19(13)15-4-3-5-16(24)20(15)25/h3-5,10,14,21,31H,6-9,11-12,26H2,1-2H3/t14-,21+/m0/s1. The molecule has 3 N–H and O–H groups in total. The van der Waals surface area contributed by atoms with Crippen molar-refractivity contribution in [3.05, 3.63) is 45.7 Å². The molecule has 0 bridgehead atoms. The first-order valence-corrected chi connectivity index (χ1v) is 11.7. The maximum atomic E-state index is 9.74. The number of anilines is 1. The number of hydrogen-bond donors (Lipinski definition) is 2. The van der Waals surface area contributed by atoms with Gasteiger partial charge in [0.15, 0.2) is 11.5 Å². The van der Waals surface area contributed by atoms with Gasteiger partial charge in [-0.1, -0.05) is 35.3 Å². The van der Waals surface area contributed by atoms with Gasteiger partial charge in [0, 0.05) is 35.7 Å². The predicted octanol–water partition coefficient (Wildman–Crippen LogP) is 3.84. The molecule has 0 saturated carbocycles. The van der Waals surface area contributed by atoms with E-state index in [2.05, 4.69) is 28.0 Å². The fraction of sp³-hybridized carbons (Fsp3) is 0.478. The first-order chi connectivity index (χ1) is 15.3. The summed E-state index contributed by atoms with van der Waals surface area (Å²) in [5.41, 5.74) is 9.87. The molecule has 0 amide bonds. The van der Waals surface area contributed by atoms with Gasteiger partial charge < -0.3 is 20.5 Å². The van der Waals surface area contributed by atoms with E-state index in [1.165, 1.54) is 0 Å². The number of hydrogen-bond acceptors (Lipinski definition) is 6. The molecular formula is C23H27Cl2N5O2. The molecule has 2 atom stereocenters. The van der Waals surface area contributed by atoms with Gasteiger partial charge in [0.1, 0.15) is 12.4 Å². The molecule has 0 unspecified atom stereocenters. The largest absolute Gasteiger partial charge is 0.388 e. The van der Waals surface area contributed by atoms with Gasteiger partial charge in [0.05, 0.1) is 22.8 Å².